The molecule has 4 nitrogen and oxygen atoms in total. The van der Waals surface area contributed by atoms with Crippen LogP contribution in [0.2, 0.25) is 0 Å². The van der Waals surface area contributed by atoms with Gasteiger partial charge in [-0.1, -0.05) is 31.0 Å². The van der Waals surface area contributed by atoms with E-state index in [1.54, 1.807) is 28.6 Å². The monoisotopic (exact) mass is 336 g/mol. The molecule has 23 heavy (non-hydrogen) atoms. The van der Waals surface area contributed by atoms with Crippen molar-refractivity contribution >= 4 is 10.0 Å². The maximum absolute atomic E-state index is 12.7. The van der Waals surface area contributed by atoms with Gasteiger partial charge in [0.2, 0.25) is 10.0 Å². The zero-order chi connectivity index (χ0) is 16.5. The number of sulfonamides is 1. The molecule has 128 valence electrons. The number of benzene rings is 1. The Hall–Kier alpha value is -0.910. The molecular formula is C18H28N2O2S. The minimum Gasteiger partial charge on any atom is -0.454 e. The van der Waals surface area contributed by atoms with Gasteiger partial charge in [0.15, 0.2) is 0 Å². The SMILES string of the molecule is C[C@H]1C[CH-][N@@+](C)(C2CCN(S(=O)(=O)c3ccccc3)CC2)CC1. The molecule has 2 fully saturated rings. The Kier molecular flexibility index (Phi) is 4.81. The second-order valence-electron chi connectivity index (χ2n) is 7.33. The third kappa shape index (κ3) is 3.47. The molecule has 0 N–H and O–H groups in total. The molecule has 5 heteroatoms. The van der Waals surface area contributed by atoms with Crippen LogP contribution < -0.4 is 0 Å². The Labute approximate surface area is 140 Å². The maximum Gasteiger partial charge on any atom is 0.243 e. The molecule has 2 atom stereocenters. The molecule has 2 saturated heterocycles. The second kappa shape index (κ2) is 6.54. The van der Waals surface area contributed by atoms with Crippen molar-refractivity contribution in [2.45, 2.75) is 43.5 Å². The van der Waals surface area contributed by atoms with Gasteiger partial charge in [0.05, 0.1) is 17.5 Å². The van der Waals surface area contributed by atoms with Crippen LogP contribution in [-0.2, 0) is 10.0 Å². The highest BCUT2D eigenvalue weighted by Gasteiger charge is 2.36. The summed E-state index contributed by atoms with van der Waals surface area (Å²) in [4.78, 5) is 0.414. The van der Waals surface area contributed by atoms with Crippen molar-refractivity contribution in [3.8, 4) is 0 Å². The fourth-order valence-electron chi connectivity index (χ4n) is 3.87. The van der Waals surface area contributed by atoms with Gasteiger partial charge in [-0.2, -0.15) is 4.31 Å². The summed E-state index contributed by atoms with van der Waals surface area (Å²) in [6.45, 7) is 7.24. The predicted molar refractivity (Wildman–Crippen MR) is 92.0 cm³/mol. The van der Waals surface area contributed by atoms with Crippen molar-refractivity contribution in [1.29, 1.82) is 0 Å². The van der Waals surface area contributed by atoms with E-state index in [0.717, 1.165) is 23.2 Å². The molecule has 0 unspecified atom stereocenters. The lowest BCUT2D eigenvalue weighted by atomic mass is 9.92. The molecule has 0 amide bonds. The molecule has 3 rings (SSSR count). The molecule has 0 aliphatic carbocycles. The quantitative estimate of drug-likeness (QED) is 0.629. The van der Waals surface area contributed by atoms with Crippen LogP contribution in [0.25, 0.3) is 0 Å². The summed E-state index contributed by atoms with van der Waals surface area (Å²) >= 11 is 0. The summed E-state index contributed by atoms with van der Waals surface area (Å²) in [5.41, 5.74) is 0. The van der Waals surface area contributed by atoms with E-state index >= 15 is 0 Å². The number of likely N-dealkylation sites (tertiary alicyclic amines) is 1. The van der Waals surface area contributed by atoms with Crippen LogP contribution in [0, 0.1) is 12.5 Å². The first-order valence-corrected chi connectivity index (χ1v) is 10.1. The number of hydrogen-bond acceptors (Lipinski definition) is 2. The summed E-state index contributed by atoms with van der Waals surface area (Å²) in [6.07, 6.45) is 4.36. The lowest BCUT2D eigenvalue weighted by Crippen LogP contribution is -2.57. The van der Waals surface area contributed by atoms with Crippen molar-refractivity contribution in [2.24, 2.45) is 5.92 Å². The first kappa shape index (κ1) is 16.9. The zero-order valence-corrected chi connectivity index (χ0v) is 15.0. The van der Waals surface area contributed by atoms with E-state index < -0.39 is 10.0 Å². The van der Waals surface area contributed by atoms with Crippen LogP contribution in [0.4, 0.5) is 0 Å². The van der Waals surface area contributed by atoms with Crippen LogP contribution in [0.15, 0.2) is 35.2 Å². The van der Waals surface area contributed by atoms with Gasteiger partial charge in [0.1, 0.15) is 0 Å². The molecular weight excluding hydrogens is 308 g/mol. The average molecular weight is 337 g/mol. The third-order valence-corrected chi connectivity index (χ3v) is 7.58. The van der Waals surface area contributed by atoms with E-state index in [4.69, 9.17) is 0 Å². The Morgan fingerprint density at radius 2 is 1.78 bits per heavy atom. The summed E-state index contributed by atoms with van der Waals surface area (Å²) in [5.74, 6) is 0.791. The molecule has 0 saturated carbocycles. The molecule has 0 bridgehead atoms. The fourth-order valence-corrected chi connectivity index (χ4v) is 5.36. The van der Waals surface area contributed by atoms with Gasteiger partial charge in [0.25, 0.3) is 0 Å². The average Bonchev–Trinajstić information content (AvgIpc) is 2.59. The number of hydrogen-bond donors (Lipinski definition) is 0. The van der Waals surface area contributed by atoms with Gasteiger partial charge >= 0.3 is 0 Å². The highest BCUT2D eigenvalue weighted by molar-refractivity contribution is 7.89. The molecule has 2 aliphatic rings. The minimum atomic E-state index is -3.33. The van der Waals surface area contributed by atoms with Gasteiger partial charge < -0.3 is 4.48 Å². The van der Waals surface area contributed by atoms with Gasteiger partial charge in [-0.3, -0.25) is 0 Å². The minimum absolute atomic E-state index is 0.414. The highest BCUT2D eigenvalue weighted by atomic mass is 32.2. The molecule has 0 spiro atoms. The normalized spacial score (nSPS) is 31.1. The van der Waals surface area contributed by atoms with E-state index in [1.807, 2.05) is 6.07 Å². The first-order chi connectivity index (χ1) is 10.9. The van der Waals surface area contributed by atoms with E-state index in [0.29, 0.717) is 24.0 Å². The van der Waals surface area contributed by atoms with Crippen LogP contribution >= 0.6 is 0 Å². The predicted octanol–water partition coefficient (Wildman–Crippen LogP) is 2.88. The number of quaternary nitrogens is 1. The largest absolute Gasteiger partial charge is 0.454 e. The number of rotatable bonds is 3. The van der Waals surface area contributed by atoms with Crippen molar-refractivity contribution in [3.63, 3.8) is 0 Å². The van der Waals surface area contributed by atoms with Gasteiger partial charge in [-0.15, -0.1) is 13.0 Å². The number of nitrogens with zero attached hydrogens (tertiary/aromatic N) is 2. The summed E-state index contributed by atoms with van der Waals surface area (Å²) in [7, 11) is -1.01. The Morgan fingerprint density at radius 3 is 2.35 bits per heavy atom. The maximum atomic E-state index is 12.7. The van der Waals surface area contributed by atoms with Crippen molar-refractivity contribution < 1.29 is 12.9 Å². The Bertz CT molecular complexity index is 614. The van der Waals surface area contributed by atoms with Crippen LogP contribution in [0.3, 0.4) is 0 Å². The van der Waals surface area contributed by atoms with E-state index in [2.05, 4.69) is 20.5 Å². The van der Waals surface area contributed by atoms with Crippen LogP contribution in [0.1, 0.15) is 32.6 Å². The van der Waals surface area contributed by atoms with E-state index in [1.165, 1.54) is 19.4 Å². The molecule has 2 aliphatic heterocycles. The van der Waals surface area contributed by atoms with Crippen molar-refractivity contribution in [2.75, 3.05) is 26.7 Å². The smallest absolute Gasteiger partial charge is 0.243 e. The zero-order valence-electron chi connectivity index (χ0n) is 14.2. The van der Waals surface area contributed by atoms with Gasteiger partial charge in [0, 0.05) is 33.0 Å². The molecule has 2 heterocycles. The second-order valence-corrected chi connectivity index (χ2v) is 9.27. The van der Waals surface area contributed by atoms with Gasteiger partial charge in [-0.05, 0) is 18.6 Å². The molecule has 1 aromatic rings. The first-order valence-electron chi connectivity index (χ1n) is 8.66. The number of piperidine rings is 2. The topological polar surface area (TPSA) is 37.4 Å². The standard InChI is InChI=1S/C18H28N2O2S/c1-16-10-14-20(2,15-11-16)17-8-12-19(13-9-17)23(21,22)18-6-4-3-5-7-18/h3-7,14,16-17H,8-13,15H2,1-2H3/t16-,20+/m0/s1. The summed E-state index contributed by atoms with van der Waals surface area (Å²) < 4.78 is 28.1. The summed E-state index contributed by atoms with van der Waals surface area (Å²) in [5, 5.41) is 0. The molecule has 0 aromatic heterocycles. The lowest BCUT2D eigenvalue weighted by molar-refractivity contribution is -0.912. The third-order valence-electron chi connectivity index (χ3n) is 5.67. The molecule has 0 radical (unpaired) electrons. The van der Waals surface area contributed by atoms with E-state index in [9.17, 15) is 8.42 Å². The Morgan fingerprint density at radius 1 is 1.13 bits per heavy atom. The van der Waals surface area contributed by atoms with Crippen molar-refractivity contribution in [3.05, 3.63) is 36.9 Å². The van der Waals surface area contributed by atoms with Crippen molar-refractivity contribution in [1.82, 2.24) is 4.31 Å². The Balaban J connectivity index is 1.65. The van der Waals surface area contributed by atoms with Crippen LogP contribution in [0.5, 0.6) is 0 Å². The summed E-state index contributed by atoms with van der Waals surface area (Å²) in [6, 6.07) is 9.36. The highest BCUT2D eigenvalue weighted by Crippen LogP contribution is 2.33. The fraction of sp³-hybridized carbons (Fsp3) is 0.611. The van der Waals surface area contributed by atoms with Gasteiger partial charge in [-0.25, -0.2) is 8.42 Å². The van der Waals surface area contributed by atoms with Crippen LogP contribution in [-0.4, -0.2) is 49.9 Å². The molecule has 1 aromatic carbocycles. The lowest BCUT2D eigenvalue weighted by Gasteiger charge is -2.55. The van der Waals surface area contributed by atoms with E-state index in [-0.39, 0.29) is 0 Å².